The maximum atomic E-state index is 12.1. The van der Waals surface area contributed by atoms with Crippen molar-refractivity contribution in [3.05, 3.63) is 59.7 Å². The van der Waals surface area contributed by atoms with E-state index >= 15 is 0 Å². The van der Waals surface area contributed by atoms with E-state index < -0.39 is 15.0 Å². The number of benzene rings is 2. The van der Waals surface area contributed by atoms with Gasteiger partial charge in [-0.3, -0.25) is 0 Å². The molecule has 2 rings (SSSR count). The van der Waals surface area contributed by atoms with Gasteiger partial charge >= 0.3 is 5.97 Å². The van der Waals surface area contributed by atoms with Gasteiger partial charge in [-0.1, -0.05) is 30.3 Å². The van der Waals surface area contributed by atoms with Gasteiger partial charge in [-0.15, -0.1) is 0 Å². The Labute approximate surface area is 132 Å². The smallest absolute Gasteiger partial charge is 0.342 e. The van der Waals surface area contributed by atoms with Gasteiger partial charge in [0.25, 0.3) is 9.05 Å². The van der Waals surface area contributed by atoms with Gasteiger partial charge in [0, 0.05) is 16.7 Å². The number of esters is 1. The van der Waals surface area contributed by atoms with E-state index in [0.29, 0.717) is 0 Å². The molecule has 0 spiro atoms. The van der Waals surface area contributed by atoms with E-state index in [4.69, 9.17) is 20.2 Å². The third kappa shape index (κ3) is 3.99. The van der Waals surface area contributed by atoms with Crippen LogP contribution in [0.3, 0.4) is 0 Å². The molecule has 2 aromatic carbocycles. The molecule has 0 fully saturated rings. The zero-order chi connectivity index (χ0) is 16.2. The van der Waals surface area contributed by atoms with Crippen molar-refractivity contribution >= 4 is 25.7 Å². The van der Waals surface area contributed by atoms with Gasteiger partial charge in [-0.05, 0) is 17.7 Å². The van der Waals surface area contributed by atoms with Gasteiger partial charge in [0.15, 0.2) is 0 Å². The third-order valence-electron chi connectivity index (χ3n) is 2.89. The van der Waals surface area contributed by atoms with E-state index in [9.17, 15) is 13.2 Å². The third-order valence-corrected chi connectivity index (χ3v) is 4.24. The Morgan fingerprint density at radius 1 is 1.14 bits per heavy atom. The molecule has 0 amide bonds. The van der Waals surface area contributed by atoms with Crippen LogP contribution in [0.4, 0.5) is 0 Å². The molecule has 0 N–H and O–H groups in total. The highest BCUT2D eigenvalue weighted by atomic mass is 35.7. The second kappa shape index (κ2) is 6.81. The van der Waals surface area contributed by atoms with E-state index in [1.165, 1.54) is 25.3 Å². The summed E-state index contributed by atoms with van der Waals surface area (Å²) in [5.74, 6) is -0.529. The first-order valence-corrected chi connectivity index (χ1v) is 8.56. The average molecular weight is 341 g/mol. The Balaban J connectivity index is 2.19. The van der Waals surface area contributed by atoms with Crippen LogP contribution in [0.1, 0.15) is 15.9 Å². The summed E-state index contributed by atoms with van der Waals surface area (Å²) in [6, 6.07) is 12.9. The quantitative estimate of drug-likeness (QED) is 0.618. The molecule has 0 saturated heterocycles. The maximum absolute atomic E-state index is 12.1. The van der Waals surface area contributed by atoms with Crippen molar-refractivity contribution in [2.75, 3.05) is 7.11 Å². The lowest BCUT2D eigenvalue weighted by atomic mass is 10.2. The molecule has 0 aliphatic carbocycles. The van der Waals surface area contributed by atoms with Crippen LogP contribution in [0.25, 0.3) is 0 Å². The number of rotatable bonds is 5. The number of hydrogen-bond donors (Lipinski definition) is 0. The molecule has 22 heavy (non-hydrogen) atoms. The van der Waals surface area contributed by atoms with E-state index in [-0.39, 0.29) is 22.8 Å². The lowest BCUT2D eigenvalue weighted by Crippen LogP contribution is -2.08. The van der Waals surface area contributed by atoms with E-state index in [0.717, 1.165) is 5.56 Å². The second-order valence-electron chi connectivity index (χ2n) is 4.36. The fraction of sp³-hybridized carbons (Fsp3) is 0.133. The van der Waals surface area contributed by atoms with E-state index in [1.54, 1.807) is 0 Å². The highest BCUT2D eigenvalue weighted by Crippen LogP contribution is 2.25. The van der Waals surface area contributed by atoms with Gasteiger partial charge in [0.1, 0.15) is 17.9 Å². The number of halogens is 1. The minimum Gasteiger partial charge on any atom is -0.496 e. The van der Waals surface area contributed by atoms with Crippen LogP contribution >= 0.6 is 10.7 Å². The van der Waals surface area contributed by atoms with E-state index in [2.05, 4.69) is 0 Å². The Bertz CT molecular complexity index is 772. The molecule has 0 radical (unpaired) electrons. The van der Waals surface area contributed by atoms with Crippen molar-refractivity contribution < 1.29 is 22.7 Å². The molecule has 7 heteroatoms. The number of ether oxygens (including phenoxy) is 2. The summed E-state index contributed by atoms with van der Waals surface area (Å²) in [5, 5.41) is 0. The molecular formula is C15H13ClO5S. The van der Waals surface area contributed by atoms with Crippen molar-refractivity contribution in [2.45, 2.75) is 11.5 Å². The standard InChI is InChI=1S/C15H13ClO5S/c1-20-14-9-12(22(16,18)19)7-8-13(14)15(17)21-10-11-5-3-2-4-6-11/h2-9H,10H2,1H3. The molecule has 0 heterocycles. The van der Waals surface area contributed by atoms with Crippen LogP contribution in [0.5, 0.6) is 5.75 Å². The minimum atomic E-state index is -3.89. The fourth-order valence-corrected chi connectivity index (χ4v) is 2.56. The van der Waals surface area contributed by atoms with Gasteiger partial charge in [-0.2, -0.15) is 0 Å². The molecule has 0 unspecified atom stereocenters. The largest absolute Gasteiger partial charge is 0.496 e. The lowest BCUT2D eigenvalue weighted by molar-refractivity contribution is 0.0469. The number of carbonyl (C=O) groups is 1. The number of hydrogen-bond acceptors (Lipinski definition) is 5. The summed E-state index contributed by atoms with van der Waals surface area (Å²) in [4.78, 5) is 11.9. The number of carbonyl (C=O) groups excluding carboxylic acids is 1. The SMILES string of the molecule is COc1cc(S(=O)(=O)Cl)ccc1C(=O)OCc1ccccc1. The van der Waals surface area contributed by atoms with Crippen molar-refractivity contribution in [1.29, 1.82) is 0 Å². The molecule has 0 atom stereocenters. The second-order valence-corrected chi connectivity index (χ2v) is 6.93. The topological polar surface area (TPSA) is 69.7 Å². The first-order chi connectivity index (χ1) is 10.4. The van der Waals surface area contributed by atoms with Crippen LogP contribution < -0.4 is 4.74 Å². The highest BCUT2D eigenvalue weighted by Gasteiger charge is 2.18. The van der Waals surface area contributed by atoms with Crippen molar-refractivity contribution in [3.8, 4) is 5.75 Å². The summed E-state index contributed by atoms with van der Waals surface area (Å²) in [5.41, 5.74) is 0.970. The summed E-state index contributed by atoms with van der Waals surface area (Å²) in [6.45, 7) is 0.110. The van der Waals surface area contributed by atoms with Gasteiger partial charge in [0.2, 0.25) is 0 Å². The Hall–Kier alpha value is -2.05. The van der Waals surface area contributed by atoms with Crippen LogP contribution in [-0.4, -0.2) is 21.5 Å². The molecule has 0 aliphatic rings. The zero-order valence-corrected chi connectivity index (χ0v) is 13.2. The van der Waals surface area contributed by atoms with Crippen molar-refractivity contribution in [3.63, 3.8) is 0 Å². The monoisotopic (exact) mass is 340 g/mol. The number of methoxy groups -OCH3 is 1. The predicted octanol–water partition coefficient (Wildman–Crippen LogP) is 2.98. The summed E-state index contributed by atoms with van der Waals surface area (Å²) >= 11 is 0. The van der Waals surface area contributed by atoms with Crippen LogP contribution in [0.15, 0.2) is 53.4 Å². The fourth-order valence-electron chi connectivity index (χ4n) is 1.79. The highest BCUT2D eigenvalue weighted by molar-refractivity contribution is 8.13. The molecule has 5 nitrogen and oxygen atoms in total. The Morgan fingerprint density at radius 3 is 2.41 bits per heavy atom. The minimum absolute atomic E-state index is 0.0831. The molecular weight excluding hydrogens is 328 g/mol. The molecule has 116 valence electrons. The van der Waals surface area contributed by atoms with Crippen LogP contribution in [0.2, 0.25) is 0 Å². The lowest BCUT2D eigenvalue weighted by Gasteiger charge is -2.10. The predicted molar refractivity (Wildman–Crippen MR) is 81.6 cm³/mol. The van der Waals surface area contributed by atoms with Gasteiger partial charge in [-0.25, -0.2) is 13.2 Å². The molecule has 0 saturated carbocycles. The molecule has 0 bridgehead atoms. The summed E-state index contributed by atoms with van der Waals surface area (Å²) in [7, 11) is 2.70. The van der Waals surface area contributed by atoms with Crippen LogP contribution in [0, 0.1) is 0 Å². The average Bonchev–Trinajstić information content (AvgIpc) is 2.52. The molecule has 0 aromatic heterocycles. The Kier molecular flexibility index (Phi) is 5.05. The normalized spacial score (nSPS) is 11.0. The summed E-state index contributed by atoms with van der Waals surface area (Å²) in [6.07, 6.45) is 0. The first-order valence-electron chi connectivity index (χ1n) is 6.25. The maximum Gasteiger partial charge on any atom is 0.342 e. The Morgan fingerprint density at radius 2 is 1.82 bits per heavy atom. The molecule has 2 aromatic rings. The van der Waals surface area contributed by atoms with E-state index in [1.807, 2.05) is 30.3 Å². The summed E-state index contributed by atoms with van der Waals surface area (Å²) < 4.78 is 32.8. The van der Waals surface area contributed by atoms with Crippen molar-refractivity contribution in [2.24, 2.45) is 0 Å². The van der Waals surface area contributed by atoms with Crippen LogP contribution in [-0.2, 0) is 20.4 Å². The van der Waals surface area contributed by atoms with Gasteiger partial charge < -0.3 is 9.47 Å². The van der Waals surface area contributed by atoms with Crippen molar-refractivity contribution in [1.82, 2.24) is 0 Å². The molecule has 0 aliphatic heterocycles. The zero-order valence-electron chi connectivity index (χ0n) is 11.7. The van der Waals surface area contributed by atoms with Gasteiger partial charge in [0.05, 0.1) is 12.0 Å². The first kappa shape index (κ1) is 16.3.